The van der Waals surface area contributed by atoms with Crippen LogP contribution in [0.2, 0.25) is 0 Å². The van der Waals surface area contributed by atoms with E-state index in [0.29, 0.717) is 6.42 Å². The third-order valence-corrected chi connectivity index (χ3v) is 1.64. The molecule has 0 aromatic carbocycles. The van der Waals surface area contributed by atoms with Crippen molar-refractivity contribution in [1.29, 1.82) is 0 Å². The smallest absolute Gasteiger partial charge is 0.323 e. The molecule has 0 aromatic heterocycles. The minimum atomic E-state index is -0.740. The molecular weight excluding hydrogens is 134 g/mol. The lowest BCUT2D eigenvalue weighted by atomic mass is 10.0. The second-order valence-electron chi connectivity index (χ2n) is 2.84. The normalized spacial score (nSPS) is 39.9. The number of cyclic esters (lactones) is 1. The van der Waals surface area contributed by atoms with Crippen LogP contribution in [0.25, 0.3) is 0 Å². The monoisotopic (exact) mass is 145 g/mol. The van der Waals surface area contributed by atoms with Gasteiger partial charge in [0, 0.05) is 6.42 Å². The predicted octanol–water partition coefficient (Wildman–Crippen LogP) is -0.988. The van der Waals surface area contributed by atoms with Crippen LogP contribution in [0.5, 0.6) is 0 Å². The van der Waals surface area contributed by atoms with E-state index >= 15 is 0 Å². The molecule has 0 bridgehead atoms. The highest BCUT2D eigenvalue weighted by Gasteiger charge is 2.40. The fraction of sp³-hybridized carbons (Fsp3) is 0.833. The Morgan fingerprint density at radius 3 is 2.80 bits per heavy atom. The van der Waals surface area contributed by atoms with E-state index in [9.17, 15) is 4.79 Å². The zero-order valence-electron chi connectivity index (χ0n) is 5.83. The van der Waals surface area contributed by atoms with Gasteiger partial charge in [0.05, 0.1) is 6.61 Å². The van der Waals surface area contributed by atoms with Crippen LogP contribution >= 0.6 is 0 Å². The van der Waals surface area contributed by atoms with Gasteiger partial charge < -0.3 is 15.6 Å². The zero-order valence-corrected chi connectivity index (χ0v) is 5.83. The van der Waals surface area contributed by atoms with E-state index < -0.39 is 17.6 Å². The lowest BCUT2D eigenvalue weighted by Gasteiger charge is -2.17. The summed E-state index contributed by atoms with van der Waals surface area (Å²) in [5, 5.41) is 8.73. The summed E-state index contributed by atoms with van der Waals surface area (Å²) in [5.74, 6) is -0.420. The van der Waals surface area contributed by atoms with Crippen molar-refractivity contribution in [2.75, 3.05) is 6.61 Å². The molecule has 2 unspecified atom stereocenters. The molecule has 1 aliphatic heterocycles. The number of carbonyl (C=O) groups is 1. The van der Waals surface area contributed by atoms with Crippen LogP contribution in [0.15, 0.2) is 0 Å². The lowest BCUT2D eigenvalue weighted by Crippen LogP contribution is -2.29. The fourth-order valence-electron chi connectivity index (χ4n) is 1.01. The molecule has 10 heavy (non-hydrogen) atoms. The maximum atomic E-state index is 10.7. The third-order valence-electron chi connectivity index (χ3n) is 1.64. The van der Waals surface area contributed by atoms with E-state index in [-0.39, 0.29) is 6.61 Å². The van der Waals surface area contributed by atoms with Gasteiger partial charge in [0.1, 0.15) is 11.6 Å². The van der Waals surface area contributed by atoms with Crippen molar-refractivity contribution in [3.05, 3.63) is 0 Å². The number of ether oxygens (including phenoxy) is 1. The highest BCUT2D eigenvalue weighted by molar-refractivity contribution is 5.78. The summed E-state index contributed by atoms with van der Waals surface area (Å²) in [5.41, 5.74) is 4.60. The molecule has 0 aromatic rings. The van der Waals surface area contributed by atoms with Crippen molar-refractivity contribution in [2.45, 2.75) is 25.0 Å². The Kier molecular flexibility index (Phi) is 1.66. The number of nitrogens with two attached hydrogens (primary N) is 1. The van der Waals surface area contributed by atoms with Gasteiger partial charge >= 0.3 is 5.97 Å². The summed E-state index contributed by atoms with van der Waals surface area (Å²) in [6.45, 7) is 1.50. The average molecular weight is 145 g/mol. The molecular formula is C6H11NO3. The van der Waals surface area contributed by atoms with Gasteiger partial charge in [0.15, 0.2) is 0 Å². The van der Waals surface area contributed by atoms with Crippen LogP contribution < -0.4 is 5.73 Å². The van der Waals surface area contributed by atoms with Crippen molar-refractivity contribution in [2.24, 2.45) is 5.73 Å². The number of hydrogen-bond acceptors (Lipinski definition) is 4. The van der Waals surface area contributed by atoms with E-state index in [0.717, 1.165) is 0 Å². The van der Waals surface area contributed by atoms with Crippen molar-refractivity contribution in [1.82, 2.24) is 0 Å². The quantitative estimate of drug-likeness (QED) is 0.465. The first-order chi connectivity index (χ1) is 4.57. The second-order valence-corrected chi connectivity index (χ2v) is 2.84. The van der Waals surface area contributed by atoms with E-state index in [1.165, 1.54) is 0 Å². The topological polar surface area (TPSA) is 72.5 Å². The average Bonchev–Trinajstić information content (AvgIpc) is 2.10. The molecule has 4 heteroatoms. The van der Waals surface area contributed by atoms with Crippen molar-refractivity contribution >= 4 is 5.97 Å². The van der Waals surface area contributed by atoms with Gasteiger partial charge in [0.2, 0.25) is 0 Å². The molecule has 2 atom stereocenters. The minimum Gasteiger partial charge on any atom is -0.456 e. The summed E-state index contributed by atoms with van der Waals surface area (Å²) in [6.07, 6.45) is 0.405. The number of esters is 1. The van der Waals surface area contributed by atoms with Gasteiger partial charge in [-0.2, -0.15) is 0 Å². The van der Waals surface area contributed by atoms with Gasteiger partial charge in [-0.15, -0.1) is 0 Å². The van der Waals surface area contributed by atoms with Gasteiger partial charge in [0.25, 0.3) is 0 Å². The van der Waals surface area contributed by atoms with Crippen LogP contribution in [0.4, 0.5) is 0 Å². The van der Waals surface area contributed by atoms with Gasteiger partial charge in [-0.25, -0.2) is 0 Å². The largest absolute Gasteiger partial charge is 0.456 e. The molecule has 0 aliphatic carbocycles. The molecule has 0 radical (unpaired) electrons. The molecule has 58 valence electrons. The summed E-state index contributed by atoms with van der Waals surface area (Å²) >= 11 is 0. The van der Waals surface area contributed by atoms with Gasteiger partial charge in [-0.1, -0.05) is 0 Å². The Bertz CT molecular complexity index is 159. The summed E-state index contributed by atoms with van der Waals surface area (Å²) < 4.78 is 4.80. The van der Waals surface area contributed by atoms with Crippen molar-refractivity contribution < 1.29 is 14.6 Å². The Hall–Kier alpha value is -0.610. The Balaban J connectivity index is 2.64. The first-order valence-electron chi connectivity index (χ1n) is 3.17. The SMILES string of the molecule is CC1(CO)CC(N)C(=O)O1. The second kappa shape index (κ2) is 2.21. The zero-order chi connectivity index (χ0) is 7.78. The maximum Gasteiger partial charge on any atom is 0.323 e. The molecule has 1 fully saturated rings. The standard InChI is InChI=1S/C6H11NO3/c1-6(3-8)2-4(7)5(9)10-6/h4,8H,2-3,7H2,1H3. The maximum absolute atomic E-state index is 10.7. The van der Waals surface area contributed by atoms with Crippen LogP contribution in [0, 0.1) is 0 Å². The first-order valence-corrected chi connectivity index (χ1v) is 3.17. The van der Waals surface area contributed by atoms with E-state index in [2.05, 4.69) is 0 Å². The van der Waals surface area contributed by atoms with E-state index in [1.807, 2.05) is 0 Å². The molecule has 4 nitrogen and oxygen atoms in total. The molecule has 1 rings (SSSR count). The minimum absolute atomic E-state index is 0.160. The van der Waals surface area contributed by atoms with Gasteiger partial charge in [-0.3, -0.25) is 4.79 Å². The molecule has 1 saturated heterocycles. The van der Waals surface area contributed by atoms with Crippen molar-refractivity contribution in [3.63, 3.8) is 0 Å². The Labute approximate surface area is 59.0 Å². The molecule has 0 spiro atoms. The highest BCUT2D eigenvalue weighted by atomic mass is 16.6. The molecule has 1 heterocycles. The number of hydrogen-bond donors (Lipinski definition) is 2. The lowest BCUT2D eigenvalue weighted by molar-refractivity contribution is -0.150. The van der Waals surface area contributed by atoms with E-state index in [1.54, 1.807) is 6.92 Å². The first kappa shape index (κ1) is 7.50. The molecule has 0 amide bonds. The van der Waals surface area contributed by atoms with Crippen LogP contribution in [0.1, 0.15) is 13.3 Å². The number of rotatable bonds is 1. The fourth-order valence-corrected chi connectivity index (χ4v) is 1.01. The van der Waals surface area contributed by atoms with E-state index in [4.69, 9.17) is 15.6 Å². The number of aliphatic hydroxyl groups excluding tert-OH is 1. The van der Waals surface area contributed by atoms with Crippen LogP contribution in [-0.4, -0.2) is 29.3 Å². The summed E-state index contributed by atoms with van der Waals surface area (Å²) in [7, 11) is 0. The summed E-state index contributed by atoms with van der Waals surface area (Å²) in [6, 6.07) is -0.558. The third kappa shape index (κ3) is 1.12. The van der Waals surface area contributed by atoms with Crippen LogP contribution in [0.3, 0.4) is 0 Å². The Morgan fingerprint density at radius 1 is 2.00 bits per heavy atom. The van der Waals surface area contributed by atoms with Crippen molar-refractivity contribution in [3.8, 4) is 0 Å². The molecule has 3 N–H and O–H groups in total. The number of aliphatic hydroxyl groups is 1. The highest BCUT2D eigenvalue weighted by Crippen LogP contribution is 2.24. The van der Waals surface area contributed by atoms with Gasteiger partial charge in [-0.05, 0) is 6.92 Å². The predicted molar refractivity (Wildman–Crippen MR) is 34.2 cm³/mol. The molecule has 1 aliphatic rings. The number of carbonyl (C=O) groups excluding carboxylic acids is 1. The summed E-state index contributed by atoms with van der Waals surface area (Å²) in [4.78, 5) is 10.7. The van der Waals surface area contributed by atoms with Crippen LogP contribution in [-0.2, 0) is 9.53 Å². The Morgan fingerprint density at radius 2 is 2.60 bits per heavy atom. The molecule has 0 saturated carbocycles.